The molecule has 0 N–H and O–H groups in total. The van der Waals surface area contributed by atoms with Crippen LogP contribution in [0.5, 0.6) is 0 Å². The van der Waals surface area contributed by atoms with E-state index in [2.05, 4.69) is 4.84 Å². The minimum atomic E-state index is -0.679. The first-order valence-electron chi connectivity index (χ1n) is 5.51. The topological polar surface area (TPSA) is 80.8 Å². The van der Waals surface area contributed by atoms with E-state index in [1.165, 1.54) is 14.0 Å². The minimum absolute atomic E-state index is 0.00681. The summed E-state index contributed by atoms with van der Waals surface area (Å²) < 4.78 is 0. The van der Waals surface area contributed by atoms with Crippen LogP contribution in [0.25, 0.3) is 0 Å². The number of hydrogen-bond acceptors (Lipinski definition) is 6. The van der Waals surface area contributed by atoms with Gasteiger partial charge in [-0.05, 0) is 0 Å². The van der Waals surface area contributed by atoms with Crippen LogP contribution in [0.3, 0.4) is 0 Å². The molecule has 0 unspecified atom stereocenters. The van der Waals surface area contributed by atoms with Crippen LogP contribution in [0, 0.1) is 0 Å². The molecular formula is C11H19NO5S. The van der Waals surface area contributed by atoms with Crippen molar-refractivity contribution < 1.29 is 24.0 Å². The van der Waals surface area contributed by atoms with Crippen molar-refractivity contribution in [3.63, 3.8) is 0 Å². The highest BCUT2D eigenvalue weighted by Crippen LogP contribution is 2.03. The van der Waals surface area contributed by atoms with Gasteiger partial charge in [0.2, 0.25) is 0 Å². The van der Waals surface area contributed by atoms with E-state index in [1.54, 1.807) is 0 Å². The van der Waals surface area contributed by atoms with Crippen LogP contribution in [-0.4, -0.2) is 41.1 Å². The summed E-state index contributed by atoms with van der Waals surface area (Å²) in [7, 11) is 1.28. The lowest BCUT2D eigenvalue weighted by Gasteiger charge is -2.15. The van der Waals surface area contributed by atoms with Crippen molar-refractivity contribution in [3.05, 3.63) is 0 Å². The van der Waals surface area contributed by atoms with Gasteiger partial charge in [0, 0.05) is 26.8 Å². The fourth-order valence-corrected chi connectivity index (χ4v) is 1.10. The Kier molecular flexibility index (Phi) is 12.8. The molecule has 18 heavy (non-hydrogen) atoms. The highest BCUT2D eigenvalue weighted by molar-refractivity contribution is 8.14. The van der Waals surface area contributed by atoms with Crippen molar-refractivity contribution in [3.8, 4) is 0 Å². The molecular weight excluding hydrogens is 258 g/mol. The minimum Gasteiger partial charge on any atom is -0.337 e. The number of aldehydes is 1. The highest BCUT2D eigenvalue weighted by Gasteiger charge is 2.14. The molecule has 0 aromatic rings. The molecule has 0 aromatic heterocycles. The summed E-state index contributed by atoms with van der Waals surface area (Å²) in [5.74, 6) is -1.28. The van der Waals surface area contributed by atoms with Crippen LogP contribution in [0.4, 0.5) is 0 Å². The molecule has 104 valence electrons. The van der Waals surface area contributed by atoms with E-state index >= 15 is 0 Å². The number of thioether (sulfide) groups is 1. The molecule has 0 atom stereocenters. The Morgan fingerprint density at radius 2 is 1.83 bits per heavy atom. The van der Waals surface area contributed by atoms with E-state index in [0.29, 0.717) is 6.29 Å². The number of hydroxylamine groups is 2. The third-order valence-corrected chi connectivity index (χ3v) is 2.25. The van der Waals surface area contributed by atoms with E-state index in [4.69, 9.17) is 0 Å². The van der Waals surface area contributed by atoms with Crippen molar-refractivity contribution in [2.75, 3.05) is 12.8 Å². The Balaban J connectivity index is 0. The van der Waals surface area contributed by atoms with Gasteiger partial charge in [-0.15, -0.1) is 0 Å². The van der Waals surface area contributed by atoms with Crippen LogP contribution in [0.1, 0.15) is 33.6 Å². The molecule has 0 bridgehead atoms. The largest absolute Gasteiger partial charge is 0.342 e. The fourth-order valence-electron chi connectivity index (χ4n) is 0.730. The number of nitrogens with zero attached hydrogens (tertiary/aromatic N) is 1. The molecule has 0 aliphatic heterocycles. The lowest BCUT2D eigenvalue weighted by Crippen LogP contribution is -2.30. The molecule has 0 radical (unpaired) electrons. The van der Waals surface area contributed by atoms with Crippen LogP contribution in [0.15, 0.2) is 0 Å². The van der Waals surface area contributed by atoms with Crippen LogP contribution in [-0.2, 0) is 24.0 Å². The van der Waals surface area contributed by atoms with Crippen molar-refractivity contribution in [2.45, 2.75) is 33.6 Å². The Bertz CT molecular complexity index is 293. The lowest BCUT2D eigenvalue weighted by atomic mass is 10.3. The van der Waals surface area contributed by atoms with Gasteiger partial charge in [0.15, 0.2) is 5.12 Å². The monoisotopic (exact) mass is 277 g/mol. The Morgan fingerprint density at radius 3 is 2.28 bits per heavy atom. The summed E-state index contributed by atoms with van der Waals surface area (Å²) in [6, 6.07) is 0. The maximum atomic E-state index is 11.2. The molecule has 0 saturated carbocycles. The number of carbonyl (C=O) groups excluding carboxylic acids is 4. The molecule has 0 heterocycles. The third-order valence-electron chi connectivity index (χ3n) is 1.46. The zero-order valence-corrected chi connectivity index (χ0v) is 11.9. The van der Waals surface area contributed by atoms with E-state index in [-0.39, 0.29) is 23.7 Å². The van der Waals surface area contributed by atoms with E-state index in [0.717, 1.165) is 16.8 Å². The average Bonchev–Trinajstić information content (AvgIpc) is 2.35. The maximum absolute atomic E-state index is 11.2. The first-order chi connectivity index (χ1) is 8.47. The van der Waals surface area contributed by atoms with E-state index in [1.807, 2.05) is 13.8 Å². The highest BCUT2D eigenvalue weighted by atomic mass is 32.2. The molecule has 6 nitrogen and oxygen atoms in total. The average molecular weight is 277 g/mol. The maximum Gasteiger partial charge on any atom is 0.342 e. The first kappa shape index (κ1) is 19.0. The predicted octanol–water partition coefficient (Wildman–Crippen LogP) is 1.19. The molecule has 0 spiro atoms. The quantitative estimate of drug-likeness (QED) is 0.554. The van der Waals surface area contributed by atoms with E-state index in [9.17, 15) is 19.2 Å². The summed E-state index contributed by atoms with van der Waals surface area (Å²) in [6.07, 6.45) is 0.690. The standard InChI is InChI=1S/C9H13NO5S.C2H6/c1-7(12)16-6-9(14)15-10(2)8(13)4-3-5-11;1-2/h5H,3-4,6H2,1-2H3;1-2H3. The third kappa shape index (κ3) is 11.1. The normalized spacial score (nSPS) is 8.67. The molecule has 0 aliphatic rings. The first-order valence-corrected chi connectivity index (χ1v) is 6.50. The Labute approximate surface area is 111 Å². The zero-order valence-electron chi connectivity index (χ0n) is 11.1. The molecule has 0 aliphatic carbocycles. The van der Waals surface area contributed by atoms with Gasteiger partial charge in [0.1, 0.15) is 12.0 Å². The summed E-state index contributed by atoms with van der Waals surface area (Å²) in [5, 5.41) is 0.568. The molecule has 1 amide bonds. The Hall–Kier alpha value is -1.37. The van der Waals surface area contributed by atoms with Gasteiger partial charge in [0.25, 0.3) is 5.91 Å². The summed E-state index contributed by atoms with van der Waals surface area (Å²) >= 11 is 0.803. The van der Waals surface area contributed by atoms with Crippen molar-refractivity contribution in [1.29, 1.82) is 0 Å². The number of hydrogen-bond donors (Lipinski definition) is 0. The van der Waals surface area contributed by atoms with Gasteiger partial charge in [-0.1, -0.05) is 25.6 Å². The summed E-state index contributed by atoms with van der Waals surface area (Å²) in [5.41, 5.74) is 0. The summed E-state index contributed by atoms with van der Waals surface area (Å²) in [4.78, 5) is 47.4. The second-order valence-electron chi connectivity index (χ2n) is 2.84. The van der Waals surface area contributed by atoms with Gasteiger partial charge in [-0.2, -0.15) is 5.06 Å². The molecule has 7 heteroatoms. The fraction of sp³-hybridized carbons (Fsp3) is 0.636. The number of rotatable bonds is 5. The SMILES string of the molecule is CC.CC(=O)SCC(=O)ON(C)C(=O)CCC=O. The smallest absolute Gasteiger partial charge is 0.337 e. The van der Waals surface area contributed by atoms with Gasteiger partial charge >= 0.3 is 5.97 Å². The zero-order chi connectivity index (χ0) is 14.6. The van der Waals surface area contributed by atoms with Gasteiger partial charge in [-0.3, -0.25) is 9.59 Å². The van der Waals surface area contributed by atoms with Gasteiger partial charge in [-0.25, -0.2) is 4.79 Å². The molecule has 0 fully saturated rings. The molecule has 0 saturated heterocycles. The lowest BCUT2D eigenvalue weighted by molar-refractivity contribution is -0.190. The second-order valence-corrected chi connectivity index (χ2v) is 3.99. The summed E-state index contributed by atoms with van der Waals surface area (Å²) in [6.45, 7) is 5.33. The van der Waals surface area contributed by atoms with Gasteiger partial charge < -0.3 is 9.63 Å². The van der Waals surface area contributed by atoms with E-state index < -0.39 is 11.9 Å². The predicted molar refractivity (Wildman–Crippen MR) is 68.6 cm³/mol. The Morgan fingerprint density at radius 1 is 1.28 bits per heavy atom. The molecule has 0 aromatic carbocycles. The van der Waals surface area contributed by atoms with Crippen molar-refractivity contribution in [1.82, 2.24) is 5.06 Å². The number of carbonyl (C=O) groups is 4. The second kappa shape index (κ2) is 12.1. The van der Waals surface area contributed by atoms with Gasteiger partial charge in [0.05, 0.1) is 0 Å². The van der Waals surface area contributed by atoms with Crippen molar-refractivity contribution >= 4 is 35.0 Å². The van der Waals surface area contributed by atoms with Crippen LogP contribution >= 0.6 is 11.8 Å². The number of amides is 1. The van der Waals surface area contributed by atoms with Crippen LogP contribution < -0.4 is 0 Å². The molecule has 0 rings (SSSR count). The van der Waals surface area contributed by atoms with Crippen LogP contribution in [0.2, 0.25) is 0 Å². The van der Waals surface area contributed by atoms with Crippen molar-refractivity contribution in [2.24, 2.45) is 0 Å².